The molecule has 0 aliphatic heterocycles. The Hall–Kier alpha value is -7.71. The first-order chi connectivity index (χ1) is 41.4. The molecule has 31 nitrogen and oxygen atoms in total. The number of aliphatic carboxylic acids is 1. The molecule has 0 aliphatic carbocycles. The maximum Gasteiger partial charge on any atom is 0.329 e. The van der Waals surface area contributed by atoms with Crippen LogP contribution in [-0.2, 0) is 64.0 Å². The van der Waals surface area contributed by atoms with Crippen molar-refractivity contribution in [3.63, 3.8) is 0 Å². The molecule has 502 valence electrons. The fourth-order valence-electron chi connectivity index (χ4n) is 9.26. The molecule has 22 N–H and O–H groups in total. The molecule has 31 heteroatoms. The van der Waals surface area contributed by atoms with Crippen LogP contribution in [0.15, 0.2) is 35.3 Å². The monoisotopic (exact) mass is 1260 g/mol. The SMILES string of the molecule is CCC(C)[C@H](NC(=O)[C@@H](CCCN=C(N)N)NC(=O)[C@H](CC(C)C)N(C(=O)C(N)CC(C)C)C(=O)[C@H](Cc1ccccc1)NC(=O)[C@H](CC(C)C)NC(=O)C(N)CC(C)C)C(=O)NC(C(=O)NCC(=O)N(C(=O)C(N)[C@H](O)C(N)=O)[C@H](CO)C(=O)O)C(C)O. The molecule has 0 saturated heterocycles. The zero-order chi connectivity index (χ0) is 68.3. The van der Waals surface area contributed by atoms with Gasteiger partial charge in [0.2, 0.25) is 59.1 Å². The number of nitrogens with two attached hydrogens (primary N) is 6. The highest BCUT2D eigenvalue weighted by molar-refractivity contribution is 6.07. The van der Waals surface area contributed by atoms with Crippen molar-refractivity contribution >= 4 is 76.9 Å². The van der Waals surface area contributed by atoms with Gasteiger partial charge >= 0.3 is 5.97 Å². The average molecular weight is 1260 g/mol. The van der Waals surface area contributed by atoms with Crippen LogP contribution in [0.5, 0.6) is 0 Å². The van der Waals surface area contributed by atoms with Crippen LogP contribution in [-0.4, -0.2) is 199 Å². The molecule has 0 radical (unpaired) electrons. The molecule has 0 fully saturated rings. The minimum Gasteiger partial charge on any atom is -0.480 e. The summed E-state index contributed by atoms with van der Waals surface area (Å²) in [5.41, 5.74) is 35.1. The van der Waals surface area contributed by atoms with Gasteiger partial charge in [0.1, 0.15) is 42.3 Å². The number of hydrogen-bond donors (Lipinski definition) is 16. The molecule has 0 aliphatic rings. The van der Waals surface area contributed by atoms with E-state index in [0.29, 0.717) is 16.9 Å². The third kappa shape index (κ3) is 26.5. The third-order valence-corrected chi connectivity index (χ3v) is 14.2. The highest BCUT2D eigenvalue weighted by Gasteiger charge is 2.44. The van der Waals surface area contributed by atoms with E-state index in [1.807, 2.05) is 33.0 Å². The predicted molar refractivity (Wildman–Crippen MR) is 327 cm³/mol. The fraction of sp³-hybridized carbons (Fsp3) is 0.672. The number of carbonyl (C=O) groups is 12. The second kappa shape index (κ2) is 38.6. The summed E-state index contributed by atoms with van der Waals surface area (Å²) in [6.07, 6.45) is -4.25. The lowest BCUT2D eigenvalue weighted by Crippen LogP contribution is -2.64. The maximum atomic E-state index is 15.6. The number of aliphatic hydroxyl groups excluding tert-OH is 3. The van der Waals surface area contributed by atoms with Crippen molar-refractivity contribution in [3.8, 4) is 0 Å². The van der Waals surface area contributed by atoms with Crippen LogP contribution >= 0.6 is 0 Å². The number of primary amides is 1. The van der Waals surface area contributed by atoms with Crippen LogP contribution in [0.1, 0.15) is 127 Å². The molecule has 89 heavy (non-hydrogen) atoms. The van der Waals surface area contributed by atoms with Crippen molar-refractivity contribution in [2.75, 3.05) is 19.7 Å². The number of carboxylic acid groups (broad SMARTS) is 1. The Balaban J connectivity index is 4.01. The number of guanidine groups is 1. The van der Waals surface area contributed by atoms with Gasteiger partial charge in [-0.3, -0.25) is 67.5 Å². The number of amides is 11. The van der Waals surface area contributed by atoms with Crippen LogP contribution < -0.4 is 66.3 Å². The maximum absolute atomic E-state index is 15.6. The highest BCUT2D eigenvalue weighted by Crippen LogP contribution is 2.21. The minimum absolute atomic E-state index is 0.00295. The van der Waals surface area contributed by atoms with E-state index >= 15 is 9.59 Å². The number of benzene rings is 1. The first kappa shape index (κ1) is 79.3. The van der Waals surface area contributed by atoms with Gasteiger partial charge < -0.3 is 86.7 Å². The largest absolute Gasteiger partial charge is 0.480 e. The minimum atomic E-state index is -2.42. The quantitative estimate of drug-likeness (QED) is 0.0169. The van der Waals surface area contributed by atoms with E-state index in [1.54, 1.807) is 65.0 Å². The summed E-state index contributed by atoms with van der Waals surface area (Å²) >= 11 is 0. The zero-order valence-corrected chi connectivity index (χ0v) is 53.0. The summed E-state index contributed by atoms with van der Waals surface area (Å²) in [6.45, 7) is 15.9. The van der Waals surface area contributed by atoms with E-state index in [4.69, 9.17) is 34.4 Å². The molecular weight excluding hydrogens is 1160 g/mol. The fourth-order valence-corrected chi connectivity index (χ4v) is 9.26. The van der Waals surface area contributed by atoms with Gasteiger partial charge in [-0.25, -0.2) is 4.79 Å². The van der Waals surface area contributed by atoms with Gasteiger partial charge in [-0.1, -0.05) is 106 Å². The van der Waals surface area contributed by atoms with Crippen molar-refractivity contribution in [2.24, 2.45) is 69.0 Å². The molecule has 0 spiro atoms. The highest BCUT2D eigenvalue weighted by atomic mass is 16.4. The van der Waals surface area contributed by atoms with Crippen molar-refractivity contribution in [3.05, 3.63) is 35.9 Å². The Morgan fingerprint density at radius 1 is 0.562 bits per heavy atom. The molecule has 1 aromatic rings. The van der Waals surface area contributed by atoms with E-state index < -0.39 is 169 Å². The first-order valence-electron chi connectivity index (χ1n) is 29.8. The number of aliphatic imine (C=N–C) groups is 1. The Morgan fingerprint density at radius 2 is 1.08 bits per heavy atom. The molecule has 11 amide bonds. The van der Waals surface area contributed by atoms with Crippen LogP contribution in [0, 0.1) is 29.6 Å². The third-order valence-electron chi connectivity index (χ3n) is 14.2. The van der Waals surface area contributed by atoms with Gasteiger partial charge in [0.25, 0.3) is 5.91 Å². The molecule has 0 bridgehead atoms. The molecule has 13 atom stereocenters. The van der Waals surface area contributed by atoms with Crippen molar-refractivity contribution < 1.29 is 78.0 Å². The molecule has 6 unspecified atom stereocenters. The van der Waals surface area contributed by atoms with E-state index in [1.165, 1.54) is 6.92 Å². The second-order valence-electron chi connectivity index (χ2n) is 23.9. The zero-order valence-electron chi connectivity index (χ0n) is 53.0. The number of nitrogens with zero attached hydrogens (tertiary/aromatic N) is 3. The normalized spacial score (nSPS) is 15.8. The number of imide groups is 2. The number of carboxylic acids is 1. The van der Waals surface area contributed by atoms with E-state index in [0.717, 1.165) is 6.92 Å². The van der Waals surface area contributed by atoms with Gasteiger partial charge in [-0.15, -0.1) is 0 Å². The smallest absolute Gasteiger partial charge is 0.329 e. The van der Waals surface area contributed by atoms with Gasteiger partial charge in [-0.05, 0) is 80.6 Å². The van der Waals surface area contributed by atoms with Crippen LogP contribution in [0.3, 0.4) is 0 Å². The molecule has 0 heterocycles. The Morgan fingerprint density at radius 3 is 1.57 bits per heavy atom. The van der Waals surface area contributed by atoms with Gasteiger partial charge in [0, 0.05) is 13.0 Å². The Labute approximate surface area is 519 Å². The number of carbonyl (C=O) groups excluding carboxylic acids is 11. The van der Waals surface area contributed by atoms with Gasteiger partial charge in [0.15, 0.2) is 18.1 Å². The van der Waals surface area contributed by atoms with E-state index in [9.17, 15) is 68.4 Å². The molecular formula is C58H99N15O16. The molecule has 1 aromatic carbocycles. The number of nitrogens with one attached hydrogen (secondary N) is 6. The summed E-state index contributed by atoms with van der Waals surface area (Å²) < 4.78 is 0. The van der Waals surface area contributed by atoms with E-state index in [-0.39, 0.29) is 80.1 Å². The standard InChI is InChI=1S/C58H99N15O16/c1-12-32(10)44(53(84)71-45(33(11)75)52(83)66-26-42(76)72(41(27-74)57(88)89)56(87)43(61)46(77)47(62)78)70-49(80)37(19-16-20-65-58(63)64)67-51(82)40(24-31(8)9)73(54(85)36(60)22-29(4)5)55(86)39(25-34-17-14-13-15-18-34)69-50(81)38(23-30(6)7)68-48(79)35(59)21-28(2)3/h13-15,17-18,28-33,35-41,43-46,74-75,77H,12,16,19-27,59-61H2,1-11H3,(H2,62,78)(H,66,83)(H,67,82)(H,68,79)(H,69,81)(H,70,80)(H,71,84)(H,88,89)(H4,63,64,65)/t32?,33?,35?,36?,37-,38+,39+,40+,41-,43?,44+,45?,46+/m1/s1. The molecule has 1 rings (SSSR count). The summed E-state index contributed by atoms with van der Waals surface area (Å²) in [6, 6.07) is -8.19. The first-order valence-corrected chi connectivity index (χ1v) is 29.8. The lowest BCUT2D eigenvalue weighted by molar-refractivity contribution is -0.161. The van der Waals surface area contributed by atoms with Crippen molar-refractivity contribution in [1.82, 2.24) is 41.7 Å². The summed E-state index contributed by atoms with van der Waals surface area (Å²) in [7, 11) is 0. The summed E-state index contributed by atoms with van der Waals surface area (Å²) in [5, 5.41) is 55.3. The average Bonchev–Trinajstić information content (AvgIpc) is 1.04. The Bertz CT molecular complexity index is 2590. The number of hydrogen-bond acceptors (Lipinski definition) is 19. The summed E-state index contributed by atoms with van der Waals surface area (Å²) in [4.78, 5) is 171. The van der Waals surface area contributed by atoms with E-state index in [2.05, 4.69) is 31.6 Å². The van der Waals surface area contributed by atoms with Crippen LogP contribution in [0.4, 0.5) is 0 Å². The van der Waals surface area contributed by atoms with Gasteiger partial charge in [-0.2, -0.15) is 0 Å². The van der Waals surface area contributed by atoms with Gasteiger partial charge in [0.05, 0.1) is 31.3 Å². The lowest BCUT2D eigenvalue weighted by atomic mass is 9.95. The van der Waals surface area contributed by atoms with Crippen LogP contribution in [0.2, 0.25) is 0 Å². The van der Waals surface area contributed by atoms with Crippen molar-refractivity contribution in [1.29, 1.82) is 0 Å². The van der Waals surface area contributed by atoms with Crippen molar-refractivity contribution in [2.45, 2.75) is 200 Å². The predicted octanol–water partition coefficient (Wildman–Crippen LogP) is -4.21. The lowest BCUT2D eigenvalue weighted by Gasteiger charge is -2.36. The number of aliphatic hydroxyl groups is 3. The number of rotatable bonds is 39. The topological polar surface area (TPSA) is 533 Å². The summed E-state index contributed by atoms with van der Waals surface area (Å²) in [5.74, 6) is -16.5. The van der Waals surface area contributed by atoms with Crippen LogP contribution in [0.25, 0.3) is 0 Å². The Kier molecular flexibility index (Phi) is 34.4. The molecule has 0 saturated carbocycles. The second-order valence-corrected chi connectivity index (χ2v) is 23.9. The molecule has 0 aromatic heterocycles.